The van der Waals surface area contributed by atoms with Crippen LogP contribution in [-0.2, 0) is 9.59 Å². The smallest absolute Gasteiger partial charge is 0.303 e. The van der Waals surface area contributed by atoms with Crippen molar-refractivity contribution in [1.29, 1.82) is 0 Å². The molecular formula is C14H15BrFNO3. The zero-order valence-electron chi connectivity index (χ0n) is 10.9. The number of hydrogen-bond acceptors (Lipinski definition) is 2. The van der Waals surface area contributed by atoms with Gasteiger partial charge in [0, 0.05) is 28.6 Å². The van der Waals surface area contributed by atoms with Crippen molar-refractivity contribution in [2.75, 3.05) is 0 Å². The molecule has 0 aromatic heterocycles. The Balaban J connectivity index is 2.55. The number of carboxylic acid groups (broad SMARTS) is 1. The van der Waals surface area contributed by atoms with E-state index in [2.05, 4.69) is 21.2 Å². The van der Waals surface area contributed by atoms with E-state index in [0.717, 1.165) is 0 Å². The van der Waals surface area contributed by atoms with Gasteiger partial charge in [-0.25, -0.2) is 4.39 Å². The predicted molar refractivity (Wildman–Crippen MR) is 77.6 cm³/mol. The Bertz CT molecular complexity index is 531. The normalized spacial score (nSPS) is 12.3. The lowest BCUT2D eigenvalue weighted by Crippen LogP contribution is -2.31. The minimum absolute atomic E-state index is 0.00851. The van der Waals surface area contributed by atoms with Crippen molar-refractivity contribution < 1.29 is 19.1 Å². The van der Waals surface area contributed by atoms with Gasteiger partial charge in [0.05, 0.1) is 0 Å². The summed E-state index contributed by atoms with van der Waals surface area (Å²) < 4.78 is 14.1. The average Bonchev–Trinajstić information content (AvgIpc) is 2.37. The summed E-state index contributed by atoms with van der Waals surface area (Å²) in [4.78, 5) is 22.0. The van der Waals surface area contributed by atoms with E-state index >= 15 is 0 Å². The highest BCUT2D eigenvalue weighted by molar-refractivity contribution is 9.10. The van der Waals surface area contributed by atoms with Gasteiger partial charge >= 0.3 is 5.97 Å². The fraction of sp³-hybridized carbons (Fsp3) is 0.286. The Labute approximate surface area is 124 Å². The lowest BCUT2D eigenvalue weighted by Gasteiger charge is -2.10. The zero-order valence-corrected chi connectivity index (χ0v) is 12.5. The van der Waals surface area contributed by atoms with E-state index < -0.39 is 11.8 Å². The van der Waals surface area contributed by atoms with Gasteiger partial charge in [-0.1, -0.05) is 15.9 Å². The second-order valence-electron chi connectivity index (χ2n) is 4.34. The summed E-state index contributed by atoms with van der Waals surface area (Å²) in [6.45, 7) is 1.72. The molecule has 0 bridgehead atoms. The molecule has 0 radical (unpaired) electrons. The number of rotatable bonds is 6. The van der Waals surface area contributed by atoms with E-state index in [0.29, 0.717) is 16.5 Å². The number of carbonyl (C=O) groups excluding carboxylic acids is 1. The first kappa shape index (κ1) is 16.4. The van der Waals surface area contributed by atoms with Crippen LogP contribution in [0.25, 0.3) is 6.08 Å². The van der Waals surface area contributed by atoms with E-state index in [1.54, 1.807) is 19.1 Å². The molecule has 0 saturated heterocycles. The molecule has 1 aromatic rings. The Morgan fingerprint density at radius 2 is 2.20 bits per heavy atom. The van der Waals surface area contributed by atoms with Crippen LogP contribution >= 0.6 is 15.9 Å². The van der Waals surface area contributed by atoms with Gasteiger partial charge in [0.15, 0.2) is 0 Å². The van der Waals surface area contributed by atoms with Gasteiger partial charge in [-0.05, 0) is 37.6 Å². The number of carbonyl (C=O) groups is 2. The molecule has 0 saturated carbocycles. The summed E-state index contributed by atoms with van der Waals surface area (Å²) in [6, 6.07) is 4.18. The largest absolute Gasteiger partial charge is 0.481 e. The van der Waals surface area contributed by atoms with Crippen LogP contribution in [0.2, 0.25) is 0 Å². The van der Waals surface area contributed by atoms with Crippen LogP contribution in [0.1, 0.15) is 25.3 Å². The van der Waals surface area contributed by atoms with Gasteiger partial charge in [-0.2, -0.15) is 0 Å². The molecule has 1 aromatic carbocycles. The summed E-state index contributed by atoms with van der Waals surface area (Å²) in [7, 11) is 0. The van der Waals surface area contributed by atoms with Crippen molar-refractivity contribution in [2.45, 2.75) is 25.8 Å². The molecule has 1 unspecified atom stereocenters. The highest BCUT2D eigenvalue weighted by Crippen LogP contribution is 2.16. The third-order valence-corrected chi connectivity index (χ3v) is 3.05. The number of amides is 1. The Kier molecular flexibility index (Phi) is 6.38. The number of benzene rings is 1. The van der Waals surface area contributed by atoms with E-state index in [1.165, 1.54) is 18.2 Å². The molecule has 0 fully saturated rings. The predicted octanol–water partition coefficient (Wildman–Crippen LogP) is 2.97. The molecule has 1 atom stereocenters. The number of halogens is 2. The molecule has 108 valence electrons. The monoisotopic (exact) mass is 343 g/mol. The SMILES string of the molecule is CC(CCC(=O)O)NC(=O)C=Cc1cc(Br)ccc1F. The van der Waals surface area contributed by atoms with Crippen LogP contribution in [0, 0.1) is 5.82 Å². The van der Waals surface area contributed by atoms with Crippen LogP contribution in [0.5, 0.6) is 0 Å². The van der Waals surface area contributed by atoms with Gasteiger partial charge in [0.2, 0.25) is 5.91 Å². The second-order valence-corrected chi connectivity index (χ2v) is 5.26. The maximum atomic E-state index is 13.4. The molecule has 0 aliphatic heterocycles. The van der Waals surface area contributed by atoms with Crippen LogP contribution in [0.3, 0.4) is 0 Å². The lowest BCUT2D eigenvalue weighted by atomic mass is 10.1. The minimum atomic E-state index is -0.905. The third kappa shape index (κ3) is 5.97. The third-order valence-electron chi connectivity index (χ3n) is 2.55. The minimum Gasteiger partial charge on any atom is -0.481 e. The molecule has 6 heteroatoms. The first-order chi connectivity index (χ1) is 9.38. The molecule has 0 aliphatic carbocycles. The molecule has 0 spiro atoms. The van der Waals surface area contributed by atoms with Gasteiger partial charge in [0.25, 0.3) is 0 Å². The summed E-state index contributed by atoms with van der Waals surface area (Å²) >= 11 is 3.22. The van der Waals surface area contributed by atoms with E-state index in [1.807, 2.05) is 0 Å². The standard InChI is InChI=1S/C14H15BrFNO3/c1-9(2-7-14(19)20)17-13(18)6-3-10-8-11(15)4-5-12(10)16/h3-6,8-9H,2,7H2,1H3,(H,17,18)(H,19,20). The Morgan fingerprint density at radius 1 is 1.50 bits per heavy atom. The number of nitrogens with one attached hydrogen (secondary N) is 1. The molecule has 4 nitrogen and oxygen atoms in total. The van der Waals surface area contributed by atoms with Gasteiger partial charge in [0.1, 0.15) is 5.82 Å². The van der Waals surface area contributed by atoms with Gasteiger partial charge in [-0.3, -0.25) is 9.59 Å². The summed E-state index contributed by atoms with van der Waals surface area (Å²) in [5.41, 5.74) is 0.299. The number of carboxylic acids is 1. The van der Waals surface area contributed by atoms with Gasteiger partial charge < -0.3 is 10.4 Å². The van der Waals surface area contributed by atoms with Crippen molar-refractivity contribution >= 4 is 33.9 Å². The van der Waals surface area contributed by atoms with Crippen LogP contribution in [0.15, 0.2) is 28.7 Å². The fourth-order valence-corrected chi connectivity index (χ4v) is 1.89. The quantitative estimate of drug-likeness (QED) is 0.780. The van der Waals surface area contributed by atoms with E-state index in [9.17, 15) is 14.0 Å². The zero-order chi connectivity index (χ0) is 15.1. The molecule has 1 amide bonds. The van der Waals surface area contributed by atoms with E-state index in [-0.39, 0.29) is 18.4 Å². The summed E-state index contributed by atoms with van der Waals surface area (Å²) in [6.07, 6.45) is 2.94. The van der Waals surface area contributed by atoms with Crippen LogP contribution in [0.4, 0.5) is 4.39 Å². The first-order valence-corrected chi connectivity index (χ1v) is 6.83. The summed E-state index contributed by atoms with van der Waals surface area (Å²) in [5.74, 6) is -1.71. The molecule has 20 heavy (non-hydrogen) atoms. The summed E-state index contributed by atoms with van der Waals surface area (Å²) in [5, 5.41) is 11.1. The highest BCUT2D eigenvalue weighted by atomic mass is 79.9. The van der Waals surface area contributed by atoms with Crippen LogP contribution < -0.4 is 5.32 Å². The second kappa shape index (κ2) is 7.79. The molecule has 0 aliphatic rings. The van der Waals surface area contributed by atoms with Gasteiger partial charge in [-0.15, -0.1) is 0 Å². The van der Waals surface area contributed by atoms with Crippen molar-refractivity contribution in [3.8, 4) is 0 Å². The van der Waals surface area contributed by atoms with Crippen LogP contribution in [-0.4, -0.2) is 23.0 Å². The van der Waals surface area contributed by atoms with Crippen molar-refractivity contribution in [1.82, 2.24) is 5.32 Å². The first-order valence-electron chi connectivity index (χ1n) is 6.04. The maximum absolute atomic E-state index is 13.4. The fourth-order valence-electron chi connectivity index (χ4n) is 1.51. The Morgan fingerprint density at radius 3 is 2.85 bits per heavy atom. The van der Waals surface area contributed by atoms with E-state index in [4.69, 9.17) is 5.11 Å². The molecule has 2 N–H and O–H groups in total. The Hall–Kier alpha value is -1.69. The molecule has 1 rings (SSSR count). The number of aliphatic carboxylic acids is 1. The lowest BCUT2D eigenvalue weighted by molar-refractivity contribution is -0.137. The number of hydrogen-bond donors (Lipinski definition) is 2. The topological polar surface area (TPSA) is 66.4 Å². The molecule has 0 heterocycles. The highest BCUT2D eigenvalue weighted by Gasteiger charge is 2.07. The van der Waals surface area contributed by atoms with Crippen molar-refractivity contribution in [3.63, 3.8) is 0 Å². The average molecular weight is 344 g/mol. The van der Waals surface area contributed by atoms with Crippen molar-refractivity contribution in [3.05, 3.63) is 40.1 Å². The van der Waals surface area contributed by atoms with Crippen molar-refractivity contribution in [2.24, 2.45) is 0 Å². The molecular weight excluding hydrogens is 329 g/mol. The maximum Gasteiger partial charge on any atom is 0.303 e.